The number of rotatable bonds is 8. The Kier molecular flexibility index (Phi) is 7.08. The number of carbonyl (C=O) groups excluding carboxylic acids is 4. The van der Waals surface area contributed by atoms with Crippen LogP contribution in [0.1, 0.15) is 26.3 Å². The number of imide groups is 1. The minimum absolute atomic E-state index is 0.0194. The standard InChI is InChI=1S/C22H26N6O7/c1-4-26(14(29)12-35-15(30)11-28-19(32)22(2,3)25-21(28)34)16-17(23)27(20(33)24-18(16)31)10-13-8-6-5-7-9-13/h5-9H,4,10-12,23H2,1-3H3,(H,25,34)(H,24,31,33). The molecule has 2 heterocycles. The molecule has 4 N–H and O–H groups in total. The molecule has 1 aromatic carbocycles. The van der Waals surface area contributed by atoms with Crippen molar-refractivity contribution in [2.75, 3.05) is 30.3 Å². The van der Waals surface area contributed by atoms with Crippen molar-refractivity contribution in [2.24, 2.45) is 0 Å². The number of esters is 1. The number of hydrogen-bond donors (Lipinski definition) is 3. The van der Waals surface area contributed by atoms with Crippen molar-refractivity contribution >= 4 is 35.3 Å². The number of nitrogens with one attached hydrogen (secondary N) is 2. The third-order valence-corrected chi connectivity index (χ3v) is 5.37. The molecule has 3 rings (SSSR count). The van der Waals surface area contributed by atoms with Gasteiger partial charge in [-0.25, -0.2) is 9.59 Å². The number of H-pyrrole nitrogens is 1. The van der Waals surface area contributed by atoms with E-state index in [0.29, 0.717) is 4.90 Å². The van der Waals surface area contributed by atoms with Crippen molar-refractivity contribution in [1.82, 2.24) is 19.8 Å². The van der Waals surface area contributed by atoms with Crippen LogP contribution in [0.25, 0.3) is 0 Å². The van der Waals surface area contributed by atoms with E-state index in [4.69, 9.17) is 10.5 Å². The number of aromatic amines is 1. The molecule has 0 atom stereocenters. The maximum absolute atomic E-state index is 12.8. The summed E-state index contributed by atoms with van der Waals surface area (Å²) < 4.78 is 6.06. The van der Waals surface area contributed by atoms with Crippen LogP contribution in [0, 0.1) is 0 Å². The number of anilines is 2. The van der Waals surface area contributed by atoms with Crippen LogP contribution in [0.4, 0.5) is 16.3 Å². The summed E-state index contributed by atoms with van der Waals surface area (Å²) in [6.07, 6.45) is 0. The molecule has 0 bridgehead atoms. The lowest BCUT2D eigenvalue weighted by Crippen LogP contribution is -2.43. The third-order valence-electron chi connectivity index (χ3n) is 5.37. The summed E-state index contributed by atoms with van der Waals surface area (Å²) >= 11 is 0. The quantitative estimate of drug-likeness (QED) is 0.327. The van der Waals surface area contributed by atoms with E-state index in [9.17, 15) is 28.8 Å². The van der Waals surface area contributed by atoms with Crippen LogP contribution in [0.5, 0.6) is 0 Å². The van der Waals surface area contributed by atoms with Gasteiger partial charge in [0.05, 0.1) is 6.54 Å². The van der Waals surface area contributed by atoms with E-state index in [1.54, 1.807) is 37.3 Å². The van der Waals surface area contributed by atoms with Gasteiger partial charge in [-0.3, -0.25) is 33.6 Å². The lowest BCUT2D eigenvalue weighted by Gasteiger charge is -2.23. The van der Waals surface area contributed by atoms with Gasteiger partial charge in [-0.2, -0.15) is 0 Å². The first-order chi connectivity index (χ1) is 16.5. The van der Waals surface area contributed by atoms with E-state index in [1.165, 1.54) is 13.8 Å². The Hall–Kier alpha value is -4.42. The van der Waals surface area contributed by atoms with Crippen LogP contribution in [-0.2, 0) is 25.7 Å². The first-order valence-corrected chi connectivity index (χ1v) is 10.7. The highest BCUT2D eigenvalue weighted by molar-refractivity contribution is 6.08. The van der Waals surface area contributed by atoms with Gasteiger partial charge in [-0.05, 0) is 26.3 Å². The molecule has 1 aliphatic heterocycles. The van der Waals surface area contributed by atoms with Crippen molar-refractivity contribution in [3.8, 4) is 0 Å². The van der Waals surface area contributed by atoms with E-state index >= 15 is 0 Å². The maximum atomic E-state index is 12.8. The fourth-order valence-electron chi connectivity index (χ4n) is 3.58. The second kappa shape index (κ2) is 9.83. The molecule has 0 radical (unpaired) electrons. The second-order valence-corrected chi connectivity index (χ2v) is 8.31. The lowest BCUT2D eigenvalue weighted by molar-refractivity contribution is -0.150. The molecule has 186 valence electrons. The molecule has 4 amide bonds. The van der Waals surface area contributed by atoms with Crippen LogP contribution < -0.4 is 27.2 Å². The number of amides is 4. The molecule has 0 saturated carbocycles. The number of aromatic nitrogens is 2. The smallest absolute Gasteiger partial charge is 0.330 e. The normalized spacial score (nSPS) is 14.5. The van der Waals surface area contributed by atoms with Crippen molar-refractivity contribution in [3.63, 3.8) is 0 Å². The van der Waals surface area contributed by atoms with Gasteiger partial charge in [-0.1, -0.05) is 30.3 Å². The fourth-order valence-corrected chi connectivity index (χ4v) is 3.58. The number of ether oxygens (including phenoxy) is 1. The van der Waals surface area contributed by atoms with Crippen LogP contribution in [-0.4, -0.2) is 63.5 Å². The Labute approximate surface area is 199 Å². The first-order valence-electron chi connectivity index (χ1n) is 10.7. The van der Waals surface area contributed by atoms with Gasteiger partial charge >= 0.3 is 17.7 Å². The number of hydrogen-bond acceptors (Lipinski definition) is 8. The number of likely N-dealkylation sites (N-methyl/N-ethyl adjacent to an activating group) is 1. The van der Waals surface area contributed by atoms with Gasteiger partial charge in [0.2, 0.25) is 0 Å². The summed E-state index contributed by atoms with van der Waals surface area (Å²) in [7, 11) is 0. The highest BCUT2D eigenvalue weighted by atomic mass is 16.5. The number of nitrogens with zero attached hydrogens (tertiary/aromatic N) is 3. The molecule has 0 spiro atoms. The fraction of sp³-hybridized carbons (Fsp3) is 0.364. The van der Waals surface area contributed by atoms with E-state index in [-0.39, 0.29) is 24.6 Å². The lowest BCUT2D eigenvalue weighted by atomic mass is 10.1. The first kappa shape index (κ1) is 25.2. The Morgan fingerprint density at radius 3 is 2.34 bits per heavy atom. The van der Waals surface area contributed by atoms with Crippen molar-refractivity contribution in [3.05, 3.63) is 56.7 Å². The summed E-state index contributed by atoms with van der Waals surface area (Å²) in [5, 5.41) is 2.43. The number of nitrogen functional groups attached to an aromatic ring is 1. The van der Waals surface area contributed by atoms with Crippen molar-refractivity contribution in [1.29, 1.82) is 0 Å². The third kappa shape index (κ3) is 5.23. The Bertz CT molecular complexity index is 1280. The topological polar surface area (TPSA) is 177 Å². The molecule has 0 aliphatic carbocycles. The summed E-state index contributed by atoms with van der Waals surface area (Å²) in [5.41, 5.74) is 3.82. The van der Waals surface area contributed by atoms with E-state index in [2.05, 4.69) is 10.3 Å². The highest BCUT2D eigenvalue weighted by Crippen LogP contribution is 2.19. The van der Waals surface area contributed by atoms with Crippen molar-refractivity contribution in [2.45, 2.75) is 32.9 Å². The zero-order chi connectivity index (χ0) is 25.9. The van der Waals surface area contributed by atoms with Gasteiger partial charge in [0.25, 0.3) is 17.4 Å². The van der Waals surface area contributed by atoms with E-state index in [0.717, 1.165) is 15.0 Å². The van der Waals surface area contributed by atoms with E-state index in [1.807, 2.05) is 0 Å². The molecule has 0 unspecified atom stereocenters. The molecular weight excluding hydrogens is 460 g/mol. The monoisotopic (exact) mass is 486 g/mol. The van der Waals surface area contributed by atoms with Crippen LogP contribution in [0.2, 0.25) is 0 Å². The van der Waals surface area contributed by atoms with Gasteiger partial charge in [0.15, 0.2) is 12.3 Å². The Morgan fingerprint density at radius 2 is 1.77 bits per heavy atom. The molecule has 13 nitrogen and oxygen atoms in total. The number of urea groups is 1. The molecule has 35 heavy (non-hydrogen) atoms. The minimum atomic E-state index is -1.16. The predicted octanol–water partition coefficient (Wildman–Crippen LogP) is -0.606. The highest BCUT2D eigenvalue weighted by Gasteiger charge is 2.45. The minimum Gasteiger partial charge on any atom is -0.454 e. The molecule has 1 saturated heterocycles. The molecular formula is C22H26N6O7. The number of benzene rings is 1. The molecule has 1 fully saturated rings. The summed E-state index contributed by atoms with van der Waals surface area (Å²) in [6.45, 7) is 3.11. The van der Waals surface area contributed by atoms with Gasteiger partial charge in [0.1, 0.15) is 17.9 Å². The van der Waals surface area contributed by atoms with Crippen molar-refractivity contribution < 1.29 is 23.9 Å². The molecule has 2 aromatic rings. The average molecular weight is 486 g/mol. The van der Waals surface area contributed by atoms with Crippen LogP contribution in [0.15, 0.2) is 39.9 Å². The van der Waals surface area contributed by atoms with Gasteiger partial charge < -0.3 is 20.7 Å². The maximum Gasteiger partial charge on any atom is 0.330 e. The summed E-state index contributed by atoms with van der Waals surface area (Å²) in [5.74, 6) is -2.63. The van der Waals surface area contributed by atoms with Crippen LogP contribution in [0.3, 0.4) is 0 Å². The number of carbonyl (C=O) groups is 4. The summed E-state index contributed by atoms with van der Waals surface area (Å²) in [6, 6.07) is 8.15. The van der Waals surface area contributed by atoms with Gasteiger partial charge in [-0.15, -0.1) is 0 Å². The number of nitrogens with two attached hydrogens (primary N) is 1. The van der Waals surface area contributed by atoms with E-state index < -0.39 is 53.8 Å². The van der Waals surface area contributed by atoms with Gasteiger partial charge in [0, 0.05) is 6.54 Å². The second-order valence-electron chi connectivity index (χ2n) is 8.31. The Balaban J connectivity index is 1.75. The summed E-state index contributed by atoms with van der Waals surface area (Å²) in [4.78, 5) is 77.8. The molecule has 1 aromatic heterocycles. The average Bonchev–Trinajstić information content (AvgIpc) is 2.99. The predicted molar refractivity (Wildman–Crippen MR) is 125 cm³/mol. The largest absolute Gasteiger partial charge is 0.454 e. The van der Waals surface area contributed by atoms with Crippen LogP contribution >= 0.6 is 0 Å². The SMILES string of the molecule is CCN(C(=O)COC(=O)CN1C(=O)NC(C)(C)C1=O)c1c(N)n(Cc2ccccc2)c(=O)[nH]c1=O. The zero-order valence-electron chi connectivity index (χ0n) is 19.5. The zero-order valence-corrected chi connectivity index (χ0v) is 19.5. The molecule has 1 aliphatic rings. The molecule has 13 heteroatoms. The Morgan fingerprint density at radius 1 is 1.11 bits per heavy atom.